The highest BCUT2D eigenvalue weighted by Crippen LogP contribution is 2.12. The van der Waals surface area contributed by atoms with E-state index in [1.54, 1.807) is 0 Å². The van der Waals surface area contributed by atoms with Crippen LogP contribution in [-0.4, -0.2) is 17.3 Å². The quantitative estimate of drug-likeness (QED) is 0.852. The van der Waals surface area contributed by atoms with Crippen LogP contribution < -0.4 is 5.73 Å². The third-order valence-corrected chi connectivity index (χ3v) is 2.69. The number of carbonyl (C=O) groups excluding carboxylic acids is 1. The summed E-state index contributed by atoms with van der Waals surface area (Å²) in [4.78, 5) is 16.1. The van der Waals surface area contributed by atoms with Crippen LogP contribution in [0.2, 0.25) is 0 Å². The molecular weight excluding hydrogens is 212 g/mol. The SMILES string of the molecule is NCCCC(=O)Cc1ccc2ccccc2n1. The molecule has 0 aliphatic carbocycles. The van der Waals surface area contributed by atoms with Gasteiger partial charge in [-0.05, 0) is 25.1 Å². The molecule has 1 heterocycles. The maximum absolute atomic E-state index is 11.6. The Hall–Kier alpha value is -1.74. The van der Waals surface area contributed by atoms with Crippen molar-refractivity contribution in [3.05, 3.63) is 42.1 Å². The topological polar surface area (TPSA) is 56.0 Å². The van der Waals surface area contributed by atoms with E-state index in [1.165, 1.54) is 0 Å². The number of para-hydroxylation sites is 1. The molecule has 2 rings (SSSR count). The number of carbonyl (C=O) groups is 1. The lowest BCUT2D eigenvalue weighted by Crippen LogP contribution is -2.07. The first-order valence-corrected chi connectivity index (χ1v) is 5.86. The largest absolute Gasteiger partial charge is 0.330 e. The first-order chi connectivity index (χ1) is 8.29. The van der Waals surface area contributed by atoms with Crippen molar-refractivity contribution in [2.75, 3.05) is 6.54 Å². The maximum atomic E-state index is 11.6. The van der Waals surface area contributed by atoms with E-state index in [-0.39, 0.29) is 5.78 Å². The fourth-order valence-corrected chi connectivity index (χ4v) is 1.80. The summed E-state index contributed by atoms with van der Waals surface area (Å²) in [6, 6.07) is 11.8. The highest BCUT2D eigenvalue weighted by Gasteiger charge is 2.05. The van der Waals surface area contributed by atoms with Gasteiger partial charge in [0.1, 0.15) is 5.78 Å². The summed E-state index contributed by atoms with van der Waals surface area (Å²) in [5, 5.41) is 1.10. The van der Waals surface area contributed by atoms with Gasteiger partial charge in [0.05, 0.1) is 5.52 Å². The number of hydrogen-bond acceptors (Lipinski definition) is 3. The van der Waals surface area contributed by atoms with Crippen molar-refractivity contribution >= 4 is 16.7 Å². The lowest BCUT2D eigenvalue weighted by Gasteiger charge is -2.02. The molecule has 0 radical (unpaired) electrons. The van der Waals surface area contributed by atoms with Gasteiger partial charge >= 0.3 is 0 Å². The van der Waals surface area contributed by atoms with Crippen LogP contribution in [0.5, 0.6) is 0 Å². The van der Waals surface area contributed by atoms with Crippen molar-refractivity contribution in [3.63, 3.8) is 0 Å². The second-order valence-corrected chi connectivity index (χ2v) is 4.10. The first-order valence-electron chi connectivity index (χ1n) is 5.86. The van der Waals surface area contributed by atoms with Crippen molar-refractivity contribution in [3.8, 4) is 0 Å². The van der Waals surface area contributed by atoms with Gasteiger partial charge in [-0.1, -0.05) is 24.3 Å². The van der Waals surface area contributed by atoms with E-state index in [1.807, 2.05) is 36.4 Å². The summed E-state index contributed by atoms with van der Waals surface area (Å²) in [5.74, 6) is 0.207. The van der Waals surface area contributed by atoms with E-state index in [0.717, 1.165) is 23.0 Å². The number of fused-ring (bicyclic) bond motifs is 1. The lowest BCUT2D eigenvalue weighted by molar-refractivity contribution is -0.118. The van der Waals surface area contributed by atoms with Gasteiger partial charge < -0.3 is 5.73 Å². The van der Waals surface area contributed by atoms with Crippen LogP contribution in [0.4, 0.5) is 0 Å². The van der Waals surface area contributed by atoms with Crippen molar-refractivity contribution in [1.82, 2.24) is 4.98 Å². The monoisotopic (exact) mass is 228 g/mol. The summed E-state index contributed by atoms with van der Waals surface area (Å²) in [6.07, 6.45) is 1.71. The molecule has 0 amide bonds. The number of pyridine rings is 1. The fourth-order valence-electron chi connectivity index (χ4n) is 1.80. The fraction of sp³-hybridized carbons (Fsp3) is 0.286. The van der Waals surface area contributed by atoms with Gasteiger partial charge in [-0.3, -0.25) is 9.78 Å². The van der Waals surface area contributed by atoms with Crippen LogP contribution in [0.15, 0.2) is 36.4 Å². The number of aromatic nitrogens is 1. The molecule has 3 heteroatoms. The molecule has 0 atom stereocenters. The number of Topliss-reactive ketones (excluding diaryl/α,β-unsaturated/α-hetero) is 1. The Bertz CT molecular complexity index is 522. The van der Waals surface area contributed by atoms with Gasteiger partial charge in [0.25, 0.3) is 0 Å². The van der Waals surface area contributed by atoms with E-state index in [9.17, 15) is 4.79 Å². The number of nitrogens with zero attached hydrogens (tertiary/aromatic N) is 1. The van der Waals surface area contributed by atoms with E-state index >= 15 is 0 Å². The molecule has 0 fully saturated rings. The van der Waals surface area contributed by atoms with E-state index in [0.29, 0.717) is 19.4 Å². The van der Waals surface area contributed by atoms with Crippen molar-refractivity contribution < 1.29 is 4.79 Å². The molecule has 1 aromatic carbocycles. The zero-order chi connectivity index (χ0) is 12.1. The molecule has 0 bridgehead atoms. The molecular formula is C14H16N2O. The molecule has 2 N–H and O–H groups in total. The number of nitrogens with two attached hydrogens (primary N) is 1. The van der Waals surface area contributed by atoms with E-state index in [2.05, 4.69) is 4.98 Å². The second-order valence-electron chi connectivity index (χ2n) is 4.10. The molecule has 2 aromatic rings. The number of benzene rings is 1. The van der Waals surface area contributed by atoms with Gasteiger partial charge in [-0.15, -0.1) is 0 Å². The van der Waals surface area contributed by atoms with Crippen LogP contribution in [-0.2, 0) is 11.2 Å². The van der Waals surface area contributed by atoms with Crippen LogP contribution in [0.1, 0.15) is 18.5 Å². The summed E-state index contributed by atoms with van der Waals surface area (Å²) in [7, 11) is 0. The molecule has 0 aliphatic rings. The normalized spacial score (nSPS) is 10.6. The van der Waals surface area contributed by atoms with E-state index in [4.69, 9.17) is 5.73 Å². The Morgan fingerprint density at radius 3 is 2.82 bits per heavy atom. The number of ketones is 1. The highest BCUT2D eigenvalue weighted by molar-refractivity contribution is 5.82. The molecule has 0 saturated heterocycles. The summed E-state index contributed by atoms with van der Waals surface area (Å²) in [6.45, 7) is 0.566. The Labute approximate surface area is 101 Å². The molecule has 88 valence electrons. The lowest BCUT2D eigenvalue weighted by atomic mass is 10.1. The predicted octanol–water partition coefficient (Wildman–Crippen LogP) is 2.09. The van der Waals surface area contributed by atoms with Gasteiger partial charge in [0.15, 0.2) is 0 Å². The standard InChI is InChI=1S/C14H16N2O/c15-9-3-5-13(17)10-12-8-7-11-4-1-2-6-14(11)16-12/h1-2,4,6-8H,3,5,9-10,15H2. The van der Waals surface area contributed by atoms with Crippen molar-refractivity contribution in [1.29, 1.82) is 0 Å². The van der Waals surface area contributed by atoms with Gasteiger partial charge in [0, 0.05) is 23.9 Å². The molecule has 17 heavy (non-hydrogen) atoms. The van der Waals surface area contributed by atoms with Gasteiger partial charge in [0.2, 0.25) is 0 Å². The molecule has 0 spiro atoms. The van der Waals surface area contributed by atoms with Crippen LogP contribution >= 0.6 is 0 Å². The molecule has 0 unspecified atom stereocenters. The highest BCUT2D eigenvalue weighted by atomic mass is 16.1. The van der Waals surface area contributed by atoms with E-state index < -0.39 is 0 Å². The van der Waals surface area contributed by atoms with Gasteiger partial charge in [-0.2, -0.15) is 0 Å². The van der Waals surface area contributed by atoms with Crippen molar-refractivity contribution in [2.24, 2.45) is 5.73 Å². The Kier molecular flexibility index (Phi) is 3.83. The Balaban J connectivity index is 2.11. The zero-order valence-corrected chi connectivity index (χ0v) is 9.73. The Morgan fingerprint density at radius 2 is 2.00 bits per heavy atom. The number of rotatable bonds is 5. The number of hydrogen-bond donors (Lipinski definition) is 1. The first kappa shape index (κ1) is 11.7. The van der Waals surface area contributed by atoms with Crippen LogP contribution in [0.25, 0.3) is 10.9 Å². The third-order valence-electron chi connectivity index (χ3n) is 2.69. The molecule has 1 aromatic heterocycles. The predicted molar refractivity (Wildman–Crippen MR) is 68.7 cm³/mol. The maximum Gasteiger partial charge on any atom is 0.138 e. The zero-order valence-electron chi connectivity index (χ0n) is 9.73. The Morgan fingerprint density at radius 1 is 1.18 bits per heavy atom. The molecule has 0 aliphatic heterocycles. The smallest absolute Gasteiger partial charge is 0.138 e. The van der Waals surface area contributed by atoms with Crippen LogP contribution in [0.3, 0.4) is 0 Å². The van der Waals surface area contributed by atoms with Gasteiger partial charge in [-0.25, -0.2) is 0 Å². The summed E-state index contributed by atoms with van der Waals surface area (Å²) in [5.41, 5.74) is 7.16. The van der Waals surface area contributed by atoms with Crippen molar-refractivity contribution in [2.45, 2.75) is 19.3 Å². The average Bonchev–Trinajstić information content (AvgIpc) is 2.36. The molecule has 3 nitrogen and oxygen atoms in total. The summed E-state index contributed by atoms with van der Waals surface area (Å²) < 4.78 is 0. The third kappa shape index (κ3) is 3.11. The minimum Gasteiger partial charge on any atom is -0.330 e. The second kappa shape index (κ2) is 5.55. The van der Waals surface area contributed by atoms with Crippen LogP contribution in [0, 0.1) is 0 Å². The average molecular weight is 228 g/mol. The summed E-state index contributed by atoms with van der Waals surface area (Å²) >= 11 is 0. The minimum atomic E-state index is 0.207. The molecule has 0 saturated carbocycles. The minimum absolute atomic E-state index is 0.207.